The van der Waals surface area contributed by atoms with Gasteiger partial charge < -0.3 is 5.32 Å². The molecule has 1 heterocycles. The van der Waals surface area contributed by atoms with Crippen LogP contribution in [0, 0.1) is 11.3 Å². The van der Waals surface area contributed by atoms with Gasteiger partial charge >= 0.3 is 0 Å². The zero-order chi connectivity index (χ0) is 14.2. The van der Waals surface area contributed by atoms with E-state index in [2.05, 4.69) is 62.1 Å². The van der Waals surface area contributed by atoms with Crippen molar-refractivity contribution < 1.29 is 0 Å². The number of thioether (sulfide) groups is 1. The van der Waals surface area contributed by atoms with Crippen LogP contribution in [-0.4, -0.2) is 17.8 Å². The van der Waals surface area contributed by atoms with E-state index in [1.54, 1.807) is 5.56 Å². The third kappa shape index (κ3) is 3.23. The predicted molar refractivity (Wildman–Crippen MR) is 88.4 cm³/mol. The second kappa shape index (κ2) is 5.73. The van der Waals surface area contributed by atoms with Crippen LogP contribution in [0.2, 0.25) is 0 Å². The summed E-state index contributed by atoms with van der Waals surface area (Å²) in [7, 11) is 0. The van der Waals surface area contributed by atoms with Crippen molar-refractivity contribution in [2.24, 2.45) is 11.3 Å². The third-order valence-corrected chi connectivity index (χ3v) is 6.49. The molecule has 2 unspecified atom stereocenters. The molecule has 1 aromatic rings. The maximum Gasteiger partial charge on any atom is 0.0141 e. The molecule has 1 saturated carbocycles. The lowest BCUT2D eigenvalue weighted by Gasteiger charge is -2.36. The summed E-state index contributed by atoms with van der Waals surface area (Å²) in [4.78, 5) is 1.51. The molecule has 0 radical (unpaired) electrons. The Hall–Kier alpha value is -0.470. The second-order valence-corrected chi connectivity index (χ2v) is 8.56. The van der Waals surface area contributed by atoms with Gasteiger partial charge in [-0.1, -0.05) is 39.0 Å². The van der Waals surface area contributed by atoms with E-state index in [1.807, 2.05) is 0 Å². The molecule has 0 spiro atoms. The fraction of sp³-hybridized carbons (Fsp3) is 0.667. The summed E-state index contributed by atoms with van der Waals surface area (Å²) in [5.41, 5.74) is 1.98. The Labute approximate surface area is 127 Å². The van der Waals surface area contributed by atoms with Crippen LogP contribution in [0.4, 0.5) is 0 Å². The number of benzene rings is 1. The van der Waals surface area contributed by atoms with Crippen molar-refractivity contribution in [2.75, 3.05) is 6.54 Å². The van der Waals surface area contributed by atoms with E-state index < -0.39 is 0 Å². The number of rotatable bonds is 6. The Morgan fingerprint density at radius 3 is 2.70 bits per heavy atom. The van der Waals surface area contributed by atoms with E-state index in [-0.39, 0.29) is 0 Å². The number of hydrogen-bond acceptors (Lipinski definition) is 2. The molecule has 2 heteroatoms. The summed E-state index contributed by atoms with van der Waals surface area (Å²) < 4.78 is 0. The van der Waals surface area contributed by atoms with Gasteiger partial charge in [-0.15, -0.1) is 11.8 Å². The van der Waals surface area contributed by atoms with Crippen molar-refractivity contribution in [3.8, 4) is 0 Å². The predicted octanol–water partition coefficient (Wildman–Crippen LogP) is 4.51. The van der Waals surface area contributed by atoms with Gasteiger partial charge in [-0.25, -0.2) is 0 Å². The molecule has 1 fully saturated rings. The molecule has 2 atom stereocenters. The highest BCUT2D eigenvalue weighted by Crippen LogP contribution is 2.44. The topological polar surface area (TPSA) is 12.0 Å². The molecule has 1 aliphatic heterocycles. The molecule has 0 aromatic heterocycles. The Bertz CT molecular complexity index is 441. The van der Waals surface area contributed by atoms with Crippen LogP contribution in [0.25, 0.3) is 0 Å². The molecular weight excluding hydrogens is 262 g/mol. The largest absolute Gasteiger partial charge is 0.313 e. The number of hydrogen-bond donors (Lipinski definition) is 1. The summed E-state index contributed by atoms with van der Waals surface area (Å²) in [6.07, 6.45) is 5.35. The maximum atomic E-state index is 3.76. The summed E-state index contributed by atoms with van der Waals surface area (Å²) in [5, 5.41) is 4.53. The summed E-state index contributed by atoms with van der Waals surface area (Å²) in [6, 6.07) is 9.76. The van der Waals surface area contributed by atoms with Gasteiger partial charge in [0.1, 0.15) is 0 Å². The lowest BCUT2D eigenvalue weighted by molar-refractivity contribution is 0.189. The van der Waals surface area contributed by atoms with Gasteiger partial charge in [0.15, 0.2) is 0 Å². The van der Waals surface area contributed by atoms with Crippen molar-refractivity contribution in [2.45, 2.75) is 62.6 Å². The Morgan fingerprint density at radius 2 is 2.05 bits per heavy atom. The van der Waals surface area contributed by atoms with Crippen LogP contribution in [-0.2, 0) is 6.42 Å². The molecule has 0 bridgehead atoms. The van der Waals surface area contributed by atoms with Crippen LogP contribution in [0.3, 0.4) is 0 Å². The summed E-state index contributed by atoms with van der Waals surface area (Å²) >= 11 is 2.10. The monoisotopic (exact) mass is 289 g/mol. The van der Waals surface area contributed by atoms with Crippen LogP contribution in [0.1, 0.15) is 45.6 Å². The zero-order valence-corrected chi connectivity index (χ0v) is 13.8. The smallest absolute Gasteiger partial charge is 0.0141 e. The van der Waals surface area contributed by atoms with E-state index in [9.17, 15) is 0 Å². The van der Waals surface area contributed by atoms with E-state index in [0.29, 0.717) is 5.41 Å². The summed E-state index contributed by atoms with van der Waals surface area (Å²) in [6.45, 7) is 8.45. The minimum atomic E-state index is 0.419. The molecule has 2 aliphatic rings. The first kappa shape index (κ1) is 14.5. The van der Waals surface area contributed by atoms with Gasteiger partial charge in [0.2, 0.25) is 0 Å². The molecule has 20 heavy (non-hydrogen) atoms. The first-order valence-corrected chi connectivity index (χ1v) is 8.93. The van der Waals surface area contributed by atoms with Gasteiger partial charge in [0, 0.05) is 22.7 Å². The molecule has 1 nitrogen and oxygen atoms in total. The van der Waals surface area contributed by atoms with Crippen LogP contribution >= 0.6 is 11.8 Å². The van der Waals surface area contributed by atoms with Crippen molar-refractivity contribution in [1.82, 2.24) is 5.32 Å². The number of fused-ring (bicyclic) bond motifs is 1. The summed E-state index contributed by atoms with van der Waals surface area (Å²) in [5.74, 6) is 0.734. The second-order valence-electron chi connectivity index (χ2n) is 7.22. The SMILES string of the molecule is CC(C)C(C)(CNC1CC1)CC1Cc2ccccc2S1. The highest BCUT2D eigenvalue weighted by molar-refractivity contribution is 8.00. The van der Waals surface area contributed by atoms with Crippen LogP contribution < -0.4 is 5.32 Å². The molecule has 3 rings (SSSR count). The van der Waals surface area contributed by atoms with E-state index in [4.69, 9.17) is 0 Å². The lowest BCUT2D eigenvalue weighted by Crippen LogP contribution is -2.39. The van der Waals surface area contributed by atoms with Gasteiger partial charge in [0.25, 0.3) is 0 Å². The van der Waals surface area contributed by atoms with Crippen LogP contribution in [0.5, 0.6) is 0 Å². The maximum absolute atomic E-state index is 3.76. The first-order chi connectivity index (χ1) is 9.57. The number of nitrogens with one attached hydrogen (secondary N) is 1. The highest BCUT2D eigenvalue weighted by atomic mass is 32.2. The van der Waals surface area contributed by atoms with Gasteiger partial charge in [-0.3, -0.25) is 0 Å². The fourth-order valence-electron chi connectivity index (χ4n) is 3.06. The van der Waals surface area contributed by atoms with Gasteiger partial charge in [0.05, 0.1) is 0 Å². The molecule has 1 aliphatic carbocycles. The first-order valence-electron chi connectivity index (χ1n) is 8.05. The molecule has 110 valence electrons. The molecule has 0 saturated heterocycles. The average molecular weight is 289 g/mol. The van der Waals surface area contributed by atoms with E-state index >= 15 is 0 Å². The van der Waals surface area contributed by atoms with E-state index in [1.165, 1.54) is 37.1 Å². The van der Waals surface area contributed by atoms with Crippen LogP contribution in [0.15, 0.2) is 29.2 Å². The molecule has 0 amide bonds. The highest BCUT2D eigenvalue weighted by Gasteiger charge is 2.35. The molecule has 1 N–H and O–H groups in total. The lowest BCUT2D eigenvalue weighted by atomic mass is 9.74. The minimum absolute atomic E-state index is 0.419. The molecular formula is C18H27NS. The Kier molecular flexibility index (Phi) is 4.14. The Balaban J connectivity index is 1.62. The minimum Gasteiger partial charge on any atom is -0.313 e. The molecule has 1 aromatic carbocycles. The third-order valence-electron chi connectivity index (χ3n) is 5.17. The zero-order valence-electron chi connectivity index (χ0n) is 13.0. The Morgan fingerprint density at radius 1 is 1.30 bits per heavy atom. The van der Waals surface area contributed by atoms with Gasteiger partial charge in [-0.05, 0) is 48.6 Å². The quantitative estimate of drug-likeness (QED) is 0.827. The normalized spacial score (nSPS) is 24.7. The fourth-order valence-corrected chi connectivity index (χ4v) is 4.61. The van der Waals surface area contributed by atoms with Gasteiger partial charge in [-0.2, -0.15) is 0 Å². The van der Waals surface area contributed by atoms with Crippen molar-refractivity contribution >= 4 is 11.8 Å². The average Bonchev–Trinajstić information content (AvgIpc) is 3.15. The van der Waals surface area contributed by atoms with Crippen molar-refractivity contribution in [1.29, 1.82) is 0 Å². The van der Waals surface area contributed by atoms with Crippen molar-refractivity contribution in [3.05, 3.63) is 29.8 Å². The van der Waals surface area contributed by atoms with Crippen molar-refractivity contribution in [3.63, 3.8) is 0 Å². The standard InChI is InChI=1S/C18H27NS/c1-13(2)18(3,12-19-15-8-9-15)11-16-10-14-6-4-5-7-17(14)20-16/h4-7,13,15-16,19H,8-12H2,1-3H3. The van der Waals surface area contributed by atoms with E-state index in [0.717, 1.165) is 17.2 Å².